The number of hydrogen-bond donors (Lipinski definition) is 4. The molecule has 9 rings (SSSR count). The quantitative estimate of drug-likeness (QED) is 0.0799. The summed E-state index contributed by atoms with van der Waals surface area (Å²) in [5, 5.41) is 9.16. The number of nitrogens with zero attached hydrogens (tertiary/aromatic N) is 7. The molecule has 5 aliphatic rings. The lowest BCUT2D eigenvalue weighted by atomic mass is 9.79. The first-order chi connectivity index (χ1) is 32.8. The average Bonchev–Trinajstić information content (AvgIpc) is 3.91. The van der Waals surface area contributed by atoms with Gasteiger partial charge in [0.15, 0.2) is 0 Å². The summed E-state index contributed by atoms with van der Waals surface area (Å²) in [6.45, 7) is 9.31. The topological polar surface area (TPSA) is 208 Å². The molecule has 68 heavy (non-hydrogen) atoms. The SMILES string of the molecule is COc1nc(N2CCC3(CN(CCCCCCC(=O)Nc4cccc(Sc5cnc(N6CCC(C)(N)CC6)cn5)c4)C3)C2)ccc1C(=O)NCc1ccc2c(c1)CN(C1CCC(=O)NC1=O)C2=O. The Morgan fingerprint density at radius 2 is 1.72 bits per heavy atom. The van der Waals surface area contributed by atoms with Crippen LogP contribution in [0.15, 0.2) is 76.9 Å². The van der Waals surface area contributed by atoms with E-state index in [2.05, 4.69) is 47.5 Å². The van der Waals surface area contributed by atoms with Crippen LogP contribution in [0.5, 0.6) is 5.88 Å². The van der Waals surface area contributed by atoms with Crippen LogP contribution in [-0.4, -0.2) is 119 Å². The van der Waals surface area contributed by atoms with Crippen molar-refractivity contribution < 1.29 is 28.7 Å². The number of unbranched alkanes of at least 4 members (excludes halogenated alkanes) is 3. The number of carbonyl (C=O) groups excluding carboxylic acids is 5. The number of fused-ring (bicyclic) bond motifs is 1. The second-order valence-electron chi connectivity index (χ2n) is 19.4. The van der Waals surface area contributed by atoms with Crippen LogP contribution < -0.4 is 36.2 Å². The van der Waals surface area contributed by atoms with Crippen LogP contribution in [0.3, 0.4) is 0 Å². The molecule has 5 aliphatic heterocycles. The van der Waals surface area contributed by atoms with E-state index in [1.165, 1.54) is 23.8 Å². The zero-order valence-electron chi connectivity index (χ0n) is 38.9. The molecule has 0 radical (unpaired) electrons. The Morgan fingerprint density at radius 3 is 2.50 bits per heavy atom. The summed E-state index contributed by atoms with van der Waals surface area (Å²) in [6.07, 6.45) is 11.6. The monoisotopic (exact) mass is 943 g/mol. The largest absolute Gasteiger partial charge is 0.480 e. The number of piperidine rings is 2. The van der Waals surface area contributed by atoms with Crippen LogP contribution in [-0.2, 0) is 27.5 Å². The van der Waals surface area contributed by atoms with Crippen molar-refractivity contribution in [2.45, 2.75) is 106 Å². The van der Waals surface area contributed by atoms with Gasteiger partial charge in [0, 0.05) is 92.3 Å². The molecule has 4 fully saturated rings. The van der Waals surface area contributed by atoms with E-state index in [1.807, 2.05) is 48.8 Å². The third kappa shape index (κ3) is 10.9. The smallest absolute Gasteiger partial charge is 0.257 e. The fourth-order valence-electron chi connectivity index (χ4n) is 10.1. The number of benzene rings is 2. The molecule has 0 saturated carbocycles. The third-order valence-corrected chi connectivity index (χ3v) is 14.9. The number of anilines is 3. The van der Waals surface area contributed by atoms with Crippen LogP contribution in [0.25, 0.3) is 0 Å². The van der Waals surface area contributed by atoms with Gasteiger partial charge in [-0.25, -0.2) is 9.97 Å². The summed E-state index contributed by atoms with van der Waals surface area (Å²) in [7, 11) is 1.52. The van der Waals surface area contributed by atoms with Crippen LogP contribution in [0.1, 0.15) is 103 Å². The van der Waals surface area contributed by atoms with Crippen molar-refractivity contribution in [1.82, 2.24) is 35.4 Å². The number of imide groups is 1. The normalized spacial score (nSPS) is 19.7. The summed E-state index contributed by atoms with van der Waals surface area (Å²) < 4.78 is 5.61. The lowest BCUT2D eigenvalue weighted by Gasteiger charge is -2.48. The van der Waals surface area contributed by atoms with Gasteiger partial charge in [0.25, 0.3) is 11.8 Å². The van der Waals surface area contributed by atoms with E-state index in [4.69, 9.17) is 15.5 Å². The minimum atomic E-state index is -0.681. The number of pyridine rings is 1. The van der Waals surface area contributed by atoms with Gasteiger partial charge in [-0.05, 0) is 99.5 Å². The molecule has 0 aliphatic carbocycles. The number of methoxy groups -OCH3 is 1. The predicted molar refractivity (Wildman–Crippen MR) is 259 cm³/mol. The fourth-order valence-corrected chi connectivity index (χ4v) is 10.9. The molecule has 1 spiro atoms. The third-order valence-electron chi connectivity index (χ3n) is 14.0. The first kappa shape index (κ1) is 47.0. The highest BCUT2D eigenvalue weighted by Gasteiger charge is 2.47. The number of nitrogens with two attached hydrogens (primary N) is 1. The predicted octanol–water partition coefficient (Wildman–Crippen LogP) is 5.14. The fraction of sp³-hybridized carbons (Fsp3) is 0.480. The van der Waals surface area contributed by atoms with Crippen LogP contribution in [0.4, 0.5) is 17.3 Å². The van der Waals surface area contributed by atoms with Gasteiger partial charge >= 0.3 is 0 Å². The number of aromatic nitrogens is 3. The number of likely N-dealkylation sites (tertiary alicyclic amines) is 1. The molecule has 1 atom stereocenters. The lowest BCUT2D eigenvalue weighted by Crippen LogP contribution is -2.57. The molecule has 4 saturated heterocycles. The van der Waals surface area contributed by atoms with Gasteiger partial charge in [0.1, 0.15) is 28.3 Å². The second kappa shape index (κ2) is 20.2. The van der Waals surface area contributed by atoms with Gasteiger partial charge in [-0.15, -0.1) is 0 Å². The summed E-state index contributed by atoms with van der Waals surface area (Å²) >= 11 is 1.53. The number of rotatable bonds is 17. The number of hydrogen-bond acceptors (Lipinski definition) is 14. The highest BCUT2D eigenvalue weighted by atomic mass is 32.2. The maximum atomic E-state index is 13.4. The minimum Gasteiger partial charge on any atom is -0.480 e. The molecular weight excluding hydrogens is 883 g/mol. The van der Waals surface area contributed by atoms with E-state index >= 15 is 0 Å². The van der Waals surface area contributed by atoms with Crippen LogP contribution in [0.2, 0.25) is 0 Å². The van der Waals surface area contributed by atoms with E-state index in [1.54, 1.807) is 18.2 Å². The van der Waals surface area contributed by atoms with Gasteiger partial charge in [0.05, 0.1) is 19.5 Å². The Hall–Kier alpha value is -6.11. The molecular formula is C50H61N11O6S. The molecule has 5 N–H and O–H groups in total. The van der Waals surface area contributed by atoms with Crippen molar-refractivity contribution >= 4 is 58.6 Å². The molecule has 2 aromatic heterocycles. The van der Waals surface area contributed by atoms with Gasteiger partial charge in [0.2, 0.25) is 23.6 Å². The Morgan fingerprint density at radius 1 is 0.912 bits per heavy atom. The second-order valence-corrected chi connectivity index (χ2v) is 20.5. The van der Waals surface area contributed by atoms with Gasteiger partial charge < -0.3 is 40.7 Å². The van der Waals surface area contributed by atoms with E-state index < -0.39 is 11.9 Å². The number of amides is 5. The van der Waals surface area contributed by atoms with E-state index in [0.29, 0.717) is 24.0 Å². The summed E-state index contributed by atoms with van der Waals surface area (Å²) in [5.74, 6) is 0.629. The van der Waals surface area contributed by atoms with E-state index in [-0.39, 0.29) is 60.0 Å². The zero-order valence-corrected chi connectivity index (χ0v) is 39.7. The van der Waals surface area contributed by atoms with E-state index in [0.717, 1.165) is 129 Å². The lowest BCUT2D eigenvalue weighted by molar-refractivity contribution is -0.137. The van der Waals surface area contributed by atoms with Crippen LogP contribution >= 0.6 is 11.8 Å². The first-order valence-electron chi connectivity index (χ1n) is 23.8. The minimum absolute atomic E-state index is 0.0296. The van der Waals surface area contributed by atoms with Gasteiger partial charge in [-0.1, -0.05) is 42.8 Å². The summed E-state index contributed by atoms with van der Waals surface area (Å²) in [4.78, 5) is 86.9. The Kier molecular flexibility index (Phi) is 14.0. The maximum Gasteiger partial charge on any atom is 0.257 e. The van der Waals surface area contributed by atoms with Crippen molar-refractivity contribution in [2.75, 3.05) is 68.0 Å². The van der Waals surface area contributed by atoms with Crippen LogP contribution in [0, 0.1) is 5.41 Å². The number of nitrogens with one attached hydrogen (secondary N) is 3. The molecule has 2 aromatic carbocycles. The molecule has 1 unspecified atom stereocenters. The highest BCUT2D eigenvalue weighted by Crippen LogP contribution is 2.41. The molecule has 5 amide bonds. The molecule has 4 aromatic rings. The Labute approximate surface area is 401 Å². The first-order valence-corrected chi connectivity index (χ1v) is 24.6. The van der Waals surface area contributed by atoms with Crippen molar-refractivity contribution in [2.24, 2.45) is 11.1 Å². The average molecular weight is 944 g/mol. The molecule has 18 heteroatoms. The Balaban J connectivity index is 0.656. The maximum absolute atomic E-state index is 13.4. The van der Waals surface area contributed by atoms with Crippen molar-refractivity contribution in [3.8, 4) is 5.88 Å². The molecule has 0 bridgehead atoms. The van der Waals surface area contributed by atoms with E-state index in [9.17, 15) is 24.0 Å². The van der Waals surface area contributed by atoms with Crippen molar-refractivity contribution in [3.05, 3.63) is 89.2 Å². The highest BCUT2D eigenvalue weighted by molar-refractivity contribution is 7.99. The Bertz CT molecular complexity index is 2540. The van der Waals surface area contributed by atoms with Gasteiger partial charge in [-0.2, -0.15) is 4.98 Å². The number of ether oxygens (including phenoxy) is 1. The van der Waals surface area contributed by atoms with Gasteiger partial charge in [-0.3, -0.25) is 29.3 Å². The molecule has 17 nitrogen and oxygen atoms in total. The zero-order chi connectivity index (χ0) is 47.4. The summed E-state index contributed by atoms with van der Waals surface area (Å²) in [6, 6.07) is 16.2. The van der Waals surface area contributed by atoms with Crippen molar-refractivity contribution in [1.29, 1.82) is 0 Å². The number of carbonyl (C=O) groups is 5. The standard InChI is InChI=1S/C50H61N11O6S/c1-49(51)17-21-59(22-18-49)41-27-53-44(28-52-41)68-36-9-7-8-35(25-36)55-42(62)10-5-3-4-6-20-58-30-50(31-58)19-23-60(32-50)40-15-13-38(47(56-40)67-2)45(64)54-26-33-11-12-37-34(24-33)29-61(48(37)66)39-14-16-43(63)57-46(39)65/h7-9,11-13,15,24-25,27-28,39H,3-6,10,14,16-23,26,29-32,51H2,1-2H3,(H,54,64)(H,55,62)(H,57,63,65). The molecule has 358 valence electrons. The van der Waals surface area contributed by atoms with Crippen molar-refractivity contribution in [3.63, 3.8) is 0 Å². The summed E-state index contributed by atoms with van der Waals surface area (Å²) in [5.41, 5.74) is 9.64. The molecule has 7 heterocycles.